The number of hydrogen-bond donors (Lipinski definition) is 0. The van der Waals surface area contributed by atoms with Crippen molar-refractivity contribution in [3.8, 4) is 11.8 Å². The van der Waals surface area contributed by atoms with Crippen LogP contribution in [0.15, 0.2) is 0 Å². The molecule has 0 aromatic heterocycles. The number of amides is 1. The number of nitrogens with zero attached hydrogens (tertiary/aromatic N) is 1. The molecule has 2 rings (SSSR count). The van der Waals surface area contributed by atoms with E-state index in [2.05, 4.69) is 18.8 Å². The highest BCUT2D eigenvalue weighted by Gasteiger charge is 2.72. The highest BCUT2D eigenvalue weighted by atomic mass is 16.2. The van der Waals surface area contributed by atoms with Crippen molar-refractivity contribution in [1.29, 1.82) is 0 Å². The van der Waals surface area contributed by atoms with Gasteiger partial charge in [-0.2, -0.15) is 0 Å². The minimum absolute atomic E-state index is 0.177. The van der Waals surface area contributed by atoms with Crippen LogP contribution in [0.4, 0.5) is 0 Å². The van der Waals surface area contributed by atoms with Gasteiger partial charge in [0.2, 0.25) is 5.91 Å². The molecule has 0 radical (unpaired) electrons. The third-order valence-electron chi connectivity index (χ3n) is 5.36. The topological polar surface area (TPSA) is 37.4 Å². The quantitative estimate of drug-likeness (QED) is 0.739. The Hall–Kier alpha value is -1.30. The Morgan fingerprint density at radius 3 is 2.35 bits per heavy atom. The predicted octanol–water partition coefficient (Wildman–Crippen LogP) is 2.50. The summed E-state index contributed by atoms with van der Waals surface area (Å²) in [6, 6.07) is 0. The van der Waals surface area contributed by atoms with Gasteiger partial charge in [-0.15, -0.1) is 5.92 Å². The number of carbonyl (C=O) groups is 2. The first-order valence-corrected chi connectivity index (χ1v) is 7.58. The summed E-state index contributed by atoms with van der Waals surface area (Å²) in [4.78, 5) is 26.9. The number of Topliss-reactive ketones (excluding diaryl/α,β-unsaturated/α-hetero) is 1. The number of ketones is 1. The second-order valence-corrected chi connectivity index (χ2v) is 6.46. The van der Waals surface area contributed by atoms with E-state index < -0.39 is 5.41 Å². The second-order valence-electron chi connectivity index (χ2n) is 6.46. The molecule has 0 aromatic carbocycles. The lowest BCUT2D eigenvalue weighted by molar-refractivity contribution is -0.142. The largest absolute Gasteiger partial charge is 0.348 e. The van der Waals surface area contributed by atoms with Crippen LogP contribution in [-0.4, -0.2) is 30.7 Å². The van der Waals surface area contributed by atoms with Crippen molar-refractivity contribution in [2.45, 2.75) is 46.5 Å². The minimum Gasteiger partial charge on any atom is -0.348 e. The molecule has 0 bridgehead atoms. The molecule has 2 fully saturated rings. The predicted molar refractivity (Wildman–Crippen MR) is 78.8 cm³/mol. The van der Waals surface area contributed by atoms with E-state index in [9.17, 15) is 9.59 Å². The molecular weight excluding hydrogens is 250 g/mol. The highest BCUT2D eigenvalue weighted by Crippen LogP contribution is 2.71. The summed E-state index contributed by atoms with van der Waals surface area (Å²) in [5.74, 6) is 7.21. The van der Waals surface area contributed by atoms with E-state index >= 15 is 0 Å². The van der Waals surface area contributed by atoms with E-state index in [-0.39, 0.29) is 17.1 Å². The van der Waals surface area contributed by atoms with Gasteiger partial charge in [0.1, 0.15) is 0 Å². The molecule has 3 nitrogen and oxygen atoms in total. The van der Waals surface area contributed by atoms with Crippen LogP contribution in [0.5, 0.6) is 0 Å². The first kappa shape index (κ1) is 15.1. The maximum absolute atomic E-state index is 12.7. The fourth-order valence-corrected chi connectivity index (χ4v) is 4.38. The summed E-state index contributed by atoms with van der Waals surface area (Å²) in [6.45, 7) is 5.77. The van der Waals surface area contributed by atoms with E-state index in [1.807, 2.05) is 21.0 Å². The van der Waals surface area contributed by atoms with Gasteiger partial charge in [-0.1, -0.05) is 19.8 Å². The number of rotatable bonds is 4. The Kier molecular flexibility index (Phi) is 3.71. The Labute approximate surface area is 122 Å². The van der Waals surface area contributed by atoms with Crippen LogP contribution in [-0.2, 0) is 9.59 Å². The Bertz CT molecular complexity index is 499. The van der Waals surface area contributed by atoms with E-state index in [0.29, 0.717) is 24.7 Å². The van der Waals surface area contributed by atoms with Crippen LogP contribution < -0.4 is 0 Å². The van der Waals surface area contributed by atoms with Gasteiger partial charge in [0.15, 0.2) is 5.78 Å². The van der Waals surface area contributed by atoms with Gasteiger partial charge in [0, 0.05) is 20.5 Å². The number of carbonyl (C=O) groups excluding carboxylic acids is 2. The molecule has 2 aliphatic rings. The van der Waals surface area contributed by atoms with E-state index in [4.69, 9.17) is 0 Å². The summed E-state index contributed by atoms with van der Waals surface area (Å²) >= 11 is 0. The molecule has 1 amide bonds. The second kappa shape index (κ2) is 4.91. The SMILES string of the molecule is CC#CC1(C(=O)CC)CC(CC)(C(=O)N(C)C)C2CC21. The molecule has 3 heteroatoms. The van der Waals surface area contributed by atoms with Gasteiger partial charge in [0.05, 0.1) is 10.8 Å². The zero-order valence-electron chi connectivity index (χ0n) is 13.2. The number of hydrogen-bond acceptors (Lipinski definition) is 2. The summed E-state index contributed by atoms with van der Waals surface area (Å²) in [6.07, 6.45) is 2.91. The van der Waals surface area contributed by atoms with Crippen molar-refractivity contribution in [3.05, 3.63) is 0 Å². The Balaban J connectivity index is 2.45. The Morgan fingerprint density at radius 2 is 1.90 bits per heavy atom. The molecule has 20 heavy (non-hydrogen) atoms. The summed E-state index contributed by atoms with van der Waals surface area (Å²) in [5, 5.41) is 0. The van der Waals surface area contributed by atoms with E-state index in [0.717, 1.165) is 12.8 Å². The fourth-order valence-electron chi connectivity index (χ4n) is 4.38. The van der Waals surface area contributed by atoms with Gasteiger partial charge in [-0.3, -0.25) is 9.59 Å². The molecule has 0 heterocycles. The fraction of sp³-hybridized carbons (Fsp3) is 0.765. The van der Waals surface area contributed by atoms with Crippen LogP contribution in [0.2, 0.25) is 0 Å². The van der Waals surface area contributed by atoms with Gasteiger partial charge in [-0.25, -0.2) is 0 Å². The molecule has 0 saturated heterocycles. The van der Waals surface area contributed by atoms with Crippen molar-refractivity contribution in [3.63, 3.8) is 0 Å². The average molecular weight is 275 g/mol. The summed E-state index contributed by atoms with van der Waals surface area (Å²) < 4.78 is 0. The first-order chi connectivity index (χ1) is 9.39. The maximum Gasteiger partial charge on any atom is 0.228 e. The molecule has 2 aliphatic carbocycles. The van der Waals surface area contributed by atoms with Gasteiger partial charge < -0.3 is 4.90 Å². The highest BCUT2D eigenvalue weighted by molar-refractivity contribution is 5.93. The van der Waals surface area contributed by atoms with Gasteiger partial charge in [-0.05, 0) is 38.0 Å². The summed E-state index contributed by atoms with van der Waals surface area (Å²) in [5.41, 5.74) is -0.932. The van der Waals surface area contributed by atoms with Crippen molar-refractivity contribution < 1.29 is 9.59 Å². The molecule has 0 N–H and O–H groups in total. The smallest absolute Gasteiger partial charge is 0.228 e. The molecule has 0 spiro atoms. The summed E-state index contributed by atoms with van der Waals surface area (Å²) in [7, 11) is 3.62. The third kappa shape index (κ3) is 1.81. The average Bonchev–Trinajstić information content (AvgIpc) is 3.19. The standard InChI is InChI=1S/C17H25NO2/c1-6-9-17(14(19)7-2)11-16(8-3,12-10-13(12)17)15(20)18(4)5/h12-13H,7-8,10-11H2,1-5H3. The van der Waals surface area contributed by atoms with E-state index in [1.54, 1.807) is 11.8 Å². The molecule has 0 aromatic rings. The molecular formula is C17H25NO2. The number of fused-ring (bicyclic) bond motifs is 1. The van der Waals surface area contributed by atoms with Crippen molar-refractivity contribution in [1.82, 2.24) is 4.90 Å². The monoisotopic (exact) mass is 275 g/mol. The lowest BCUT2D eigenvalue weighted by atomic mass is 9.69. The molecule has 4 atom stereocenters. The molecule has 110 valence electrons. The van der Waals surface area contributed by atoms with Gasteiger partial charge >= 0.3 is 0 Å². The van der Waals surface area contributed by atoms with Crippen molar-refractivity contribution >= 4 is 11.7 Å². The van der Waals surface area contributed by atoms with Crippen LogP contribution >= 0.6 is 0 Å². The third-order valence-corrected chi connectivity index (χ3v) is 5.36. The van der Waals surface area contributed by atoms with Crippen LogP contribution in [0.25, 0.3) is 0 Å². The normalized spacial score (nSPS) is 37.6. The molecule has 2 saturated carbocycles. The van der Waals surface area contributed by atoms with Crippen LogP contribution in [0, 0.1) is 34.5 Å². The molecule has 0 aliphatic heterocycles. The van der Waals surface area contributed by atoms with Crippen LogP contribution in [0.3, 0.4) is 0 Å². The maximum atomic E-state index is 12.7. The van der Waals surface area contributed by atoms with E-state index in [1.165, 1.54) is 0 Å². The zero-order chi connectivity index (χ0) is 15.1. The van der Waals surface area contributed by atoms with Crippen molar-refractivity contribution in [2.24, 2.45) is 22.7 Å². The van der Waals surface area contributed by atoms with Crippen LogP contribution in [0.1, 0.15) is 46.5 Å². The lowest BCUT2D eigenvalue weighted by Crippen LogP contribution is -2.43. The van der Waals surface area contributed by atoms with Gasteiger partial charge in [0.25, 0.3) is 0 Å². The lowest BCUT2D eigenvalue weighted by Gasteiger charge is -2.35. The first-order valence-electron chi connectivity index (χ1n) is 7.58. The molecule has 4 unspecified atom stereocenters. The minimum atomic E-state index is -0.560. The zero-order valence-corrected chi connectivity index (χ0v) is 13.2. The Morgan fingerprint density at radius 1 is 1.25 bits per heavy atom. The van der Waals surface area contributed by atoms with Crippen molar-refractivity contribution in [2.75, 3.05) is 14.1 Å².